The van der Waals surface area contributed by atoms with Gasteiger partial charge in [-0.1, -0.05) is 5.21 Å². The molecule has 2 heterocycles. The van der Waals surface area contributed by atoms with Crippen LogP contribution in [0.2, 0.25) is 0 Å². The fourth-order valence-corrected chi connectivity index (χ4v) is 1.40. The van der Waals surface area contributed by atoms with E-state index in [0.29, 0.717) is 18.8 Å². The molecule has 0 spiro atoms. The van der Waals surface area contributed by atoms with Crippen molar-refractivity contribution >= 4 is 6.03 Å². The lowest BCUT2D eigenvalue weighted by atomic mass is 10.4. The maximum atomic E-state index is 11.2. The molecule has 0 unspecified atom stereocenters. The Morgan fingerprint density at radius 3 is 2.83 bits per heavy atom. The maximum Gasteiger partial charge on any atom is 0.315 e. The zero-order chi connectivity index (χ0) is 12.8. The molecule has 0 fully saturated rings. The summed E-state index contributed by atoms with van der Waals surface area (Å²) in [5.74, 6) is 0. The number of nitrogens with one attached hydrogen (secondary N) is 2. The van der Waals surface area contributed by atoms with Crippen LogP contribution in [-0.4, -0.2) is 32.6 Å². The van der Waals surface area contributed by atoms with E-state index >= 15 is 0 Å². The summed E-state index contributed by atoms with van der Waals surface area (Å²) in [5.41, 5.74) is 1.57. The van der Waals surface area contributed by atoms with Crippen LogP contribution in [0.3, 0.4) is 0 Å². The third kappa shape index (κ3) is 3.03. The van der Waals surface area contributed by atoms with Crippen molar-refractivity contribution in [3.05, 3.63) is 36.4 Å². The third-order valence-electron chi connectivity index (χ3n) is 2.24. The molecule has 0 saturated heterocycles. The number of nitrogens with zero attached hydrogens (tertiary/aromatic N) is 4. The van der Waals surface area contributed by atoms with Crippen molar-refractivity contribution in [2.75, 3.05) is 6.54 Å². The van der Waals surface area contributed by atoms with Crippen LogP contribution in [0.15, 0.2) is 30.7 Å². The molecule has 0 radical (unpaired) electrons. The van der Waals surface area contributed by atoms with Gasteiger partial charge in [-0.05, 0) is 19.1 Å². The Kier molecular flexibility index (Phi) is 3.85. The van der Waals surface area contributed by atoms with Crippen molar-refractivity contribution in [2.24, 2.45) is 0 Å². The Hall–Kier alpha value is -2.44. The summed E-state index contributed by atoms with van der Waals surface area (Å²) >= 11 is 0. The number of hydrogen-bond acceptors (Lipinski definition) is 4. The Balaban J connectivity index is 1.97. The lowest BCUT2D eigenvalue weighted by Crippen LogP contribution is -2.34. The van der Waals surface area contributed by atoms with Crippen molar-refractivity contribution in [1.82, 2.24) is 30.6 Å². The fraction of sp³-hybridized carbons (Fsp3) is 0.273. The number of carbonyl (C=O) groups is 1. The molecule has 2 aromatic rings. The molecule has 0 atom stereocenters. The largest absolute Gasteiger partial charge is 0.338 e. The number of urea groups is 1. The fourth-order valence-electron chi connectivity index (χ4n) is 1.40. The molecular weight excluding hydrogens is 232 g/mol. The normalized spacial score (nSPS) is 10.1. The van der Waals surface area contributed by atoms with Crippen molar-refractivity contribution in [3.8, 4) is 5.69 Å². The second-order valence-corrected chi connectivity index (χ2v) is 3.57. The second kappa shape index (κ2) is 5.76. The predicted molar refractivity (Wildman–Crippen MR) is 65.1 cm³/mol. The van der Waals surface area contributed by atoms with E-state index in [0.717, 1.165) is 5.69 Å². The van der Waals surface area contributed by atoms with E-state index in [1.165, 1.54) is 0 Å². The van der Waals surface area contributed by atoms with E-state index < -0.39 is 0 Å². The summed E-state index contributed by atoms with van der Waals surface area (Å²) in [6.07, 6.45) is 5.13. The van der Waals surface area contributed by atoms with Gasteiger partial charge in [-0.2, -0.15) is 0 Å². The predicted octanol–water partition coefficient (Wildman–Crippen LogP) is 0.481. The Morgan fingerprint density at radius 2 is 2.11 bits per heavy atom. The van der Waals surface area contributed by atoms with Crippen LogP contribution >= 0.6 is 0 Å². The Morgan fingerprint density at radius 1 is 1.33 bits per heavy atom. The minimum atomic E-state index is -0.212. The standard InChI is InChI=1S/C11H14N6O/c1-2-13-11(18)14-7-9-8-17(16-15-9)10-3-5-12-6-4-10/h3-6,8H,2,7H2,1H3,(H2,13,14,18). The summed E-state index contributed by atoms with van der Waals surface area (Å²) in [7, 11) is 0. The molecule has 7 heteroatoms. The average molecular weight is 246 g/mol. The molecule has 0 aliphatic carbocycles. The smallest absolute Gasteiger partial charge is 0.315 e. The highest BCUT2D eigenvalue weighted by Gasteiger charge is 2.04. The van der Waals surface area contributed by atoms with Gasteiger partial charge in [-0.3, -0.25) is 4.98 Å². The summed E-state index contributed by atoms with van der Waals surface area (Å²) in [4.78, 5) is 15.1. The van der Waals surface area contributed by atoms with Gasteiger partial charge < -0.3 is 10.6 Å². The van der Waals surface area contributed by atoms with Crippen LogP contribution in [0.25, 0.3) is 5.69 Å². The molecule has 0 aliphatic rings. The first-order valence-corrected chi connectivity index (χ1v) is 5.63. The number of rotatable bonds is 4. The number of hydrogen-bond donors (Lipinski definition) is 2. The van der Waals surface area contributed by atoms with Gasteiger partial charge in [0, 0.05) is 18.9 Å². The molecular formula is C11H14N6O. The lowest BCUT2D eigenvalue weighted by molar-refractivity contribution is 0.241. The average Bonchev–Trinajstić information content (AvgIpc) is 2.87. The number of carbonyl (C=O) groups excluding carboxylic acids is 1. The van der Waals surface area contributed by atoms with Gasteiger partial charge >= 0.3 is 6.03 Å². The summed E-state index contributed by atoms with van der Waals surface area (Å²) < 4.78 is 1.64. The SMILES string of the molecule is CCNC(=O)NCc1cn(-c2ccncc2)nn1. The molecule has 0 saturated carbocycles. The molecule has 0 bridgehead atoms. The van der Waals surface area contributed by atoms with Gasteiger partial charge in [0.1, 0.15) is 5.69 Å². The van der Waals surface area contributed by atoms with Crippen LogP contribution in [0.5, 0.6) is 0 Å². The minimum Gasteiger partial charge on any atom is -0.338 e. The molecule has 0 aromatic carbocycles. The highest BCUT2D eigenvalue weighted by molar-refractivity contribution is 5.73. The topological polar surface area (TPSA) is 84.7 Å². The molecule has 7 nitrogen and oxygen atoms in total. The molecule has 0 aliphatic heterocycles. The van der Waals surface area contributed by atoms with Crippen LogP contribution in [0.4, 0.5) is 4.79 Å². The monoisotopic (exact) mass is 246 g/mol. The summed E-state index contributed by atoms with van der Waals surface area (Å²) in [6.45, 7) is 2.80. The van der Waals surface area contributed by atoms with Gasteiger partial charge in [0.15, 0.2) is 0 Å². The second-order valence-electron chi connectivity index (χ2n) is 3.57. The van der Waals surface area contributed by atoms with Crippen LogP contribution < -0.4 is 10.6 Å². The van der Waals surface area contributed by atoms with Crippen molar-refractivity contribution in [3.63, 3.8) is 0 Å². The first kappa shape index (κ1) is 12.0. The van der Waals surface area contributed by atoms with Gasteiger partial charge in [-0.25, -0.2) is 9.48 Å². The van der Waals surface area contributed by atoms with E-state index in [4.69, 9.17) is 0 Å². The van der Waals surface area contributed by atoms with Gasteiger partial charge in [0.25, 0.3) is 0 Å². The number of pyridine rings is 1. The molecule has 2 aromatic heterocycles. The van der Waals surface area contributed by atoms with Crippen LogP contribution in [0.1, 0.15) is 12.6 Å². The van der Waals surface area contributed by atoms with E-state index in [1.807, 2.05) is 19.1 Å². The zero-order valence-electron chi connectivity index (χ0n) is 10.00. The van der Waals surface area contributed by atoms with E-state index in [1.54, 1.807) is 23.3 Å². The van der Waals surface area contributed by atoms with Crippen molar-refractivity contribution in [1.29, 1.82) is 0 Å². The minimum absolute atomic E-state index is 0.212. The van der Waals surface area contributed by atoms with Crippen LogP contribution in [-0.2, 0) is 6.54 Å². The first-order chi connectivity index (χ1) is 8.79. The molecule has 18 heavy (non-hydrogen) atoms. The molecule has 2 amide bonds. The van der Waals surface area contributed by atoms with Gasteiger partial charge in [0.05, 0.1) is 18.4 Å². The summed E-state index contributed by atoms with van der Waals surface area (Å²) in [6, 6.07) is 3.45. The Bertz CT molecular complexity index is 509. The maximum absolute atomic E-state index is 11.2. The quantitative estimate of drug-likeness (QED) is 0.821. The van der Waals surface area contributed by atoms with E-state index in [9.17, 15) is 4.79 Å². The number of amides is 2. The third-order valence-corrected chi connectivity index (χ3v) is 2.24. The lowest BCUT2D eigenvalue weighted by Gasteiger charge is -2.02. The van der Waals surface area contributed by atoms with Crippen molar-refractivity contribution < 1.29 is 4.79 Å². The highest BCUT2D eigenvalue weighted by Crippen LogP contribution is 2.04. The molecule has 94 valence electrons. The Labute approximate surface area is 104 Å². The first-order valence-electron chi connectivity index (χ1n) is 5.63. The van der Waals surface area contributed by atoms with Crippen molar-refractivity contribution in [2.45, 2.75) is 13.5 Å². The summed E-state index contributed by atoms with van der Waals surface area (Å²) in [5, 5.41) is 13.3. The van der Waals surface area contributed by atoms with E-state index in [2.05, 4.69) is 25.9 Å². The number of aromatic nitrogens is 4. The highest BCUT2D eigenvalue weighted by atomic mass is 16.2. The molecule has 2 N–H and O–H groups in total. The van der Waals surface area contributed by atoms with Crippen LogP contribution in [0, 0.1) is 0 Å². The van der Waals surface area contributed by atoms with E-state index in [-0.39, 0.29) is 6.03 Å². The van der Waals surface area contributed by atoms with Gasteiger partial charge in [-0.15, -0.1) is 5.10 Å². The zero-order valence-corrected chi connectivity index (χ0v) is 10.00. The molecule has 2 rings (SSSR count). The van der Waals surface area contributed by atoms with Gasteiger partial charge in [0.2, 0.25) is 0 Å².